The first kappa shape index (κ1) is 14.3. The maximum Gasteiger partial charge on any atom is 0.145 e. The molecule has 1 aromatic carbocycles. The van der Waals surface area contributed by atoms with Crippen LogP contribution in [0.15, 0.2) is 29.3 Å². The van der Waals surface area contributed by atoms with Crippen LogP contribution in [0, 0.1) is 5.92 Å². The van der Waals surface area contributed by atoms with Gasteiger partial charge in [0, 0.05) is 29.9 Å². The van der Waals surface area contributed by atoms with Crippen LogP contribution in [0.2, 0.25) is 0 Å². The van der Waals surface area contributed by atoms with Crippen molar-refractivity contribution >= 4 is 17.7 Å². The van der Waals surface area contributed by atoms with Crippen LogP contribution in [0.4, 0.5) is 5.69 Å². The fraction of sp³-hybridized carbons (Fsp3) is 0.529. The molecular weight excluding hydrogens is 262 g/mol. The molecular formula is C17H23N3O. The summed E-state index contributed by atoms with van der Waals surface area (Å²) in [5, 5.41) is 0. The first-order valence-corrected chi connectivity index (χ1v) is 7.83. The number of anilines is 1. The van der Waals surface area contributed by atoms with Gasteiger partial charge in [0.05, 0.1) is 0 Å². The second-order valence-corrected chi connectivity index (χ2v) is 6.09. The minimum absolute atomic E-state index is 0.396. The fourth-order valence-corrected chi connectivity index (χ4v) is 3.57. The van der Waals surface area contributed by atoms with Crippen LogP contribution in [0.25, 0.3) is 0 Å². The zero-order chi connectivity index (χ0) is 14.8. The maximum atomic E-state index is 11.4. The molecule has 4 nitrogen and oxygen atoms in total. The van der Waals surface area contributed by atoms with Crippen molar-refractivity contribution in [2.24, 2.45) is 16.6 Å². The van der Waals surface area contributed by atoms with E-state index < -0.39 is 12.2 Å². The Kier molecular flexibility index (Phi) is 4.06. The van der Waals surface area contributed by atoms with Crippen LogP contribution in [0.5, 0.6) is 0 Å². The normalized spacial score (nSPS) is 26.8. The minimum atomic E-state index is -0.489. The number of hydrogen-bond donors (Lipinski definition) is 1. The van der Waals surface area contributed by atoms with Crippen LogP contribution < -0.4 is 10.6 Å². The minimum Gasteiger partial charge on any atom is -0.361 e. The third-order valence-electron chi connectivity index (χ3n) is 4.78. The van der Waals surface area contributed by atoms with E-state index in [-0.39, 0.29) is 0 Å². The number of likely N-dealkylation sites (N-methyl/N-ethyl adjacent to an activating group) is 1. The van der Waals surface area contributed by atoms with Crippen LogP contribution in [0.1, 0.15) is 37.7 Å². The Morgan fingerprint density at radius 3 is 2.67 bits per heavy atom. The molecule has 21 heavy (non-hydrogen) atoms. The van der Waals surface area contributed by atoms with Gasteiger partial charge in [-0.1, -0.05) is 37.5 Å². The molecule has 1 aliphatic carbocycles. The molecule has 1 aromatic rings. The SMILES string of the molecule is CN1c2ccccc2C(C2CCCCC2)=NC(N)C1C=O. The van der Waals surface area contributed by atoms with Crippen molar-refractivity contribution in [3.05, 3.63) is 29.8 Å². The maximum absolute atomic E-state index is 11.4. The number of hydrogen-bond acceptors (Lipinski definition) is 4. The van der Waals surface area contributed by atoms with Gasteiger partial charge in [0.15, 0.2) is 0 Å². The Morgan fingerprint density at radius 2 is 1.95 bits per heavy atom. The summed E-state index contributed by atoms with van der Waals surface area (Å²) >= 11 is 0. The standard InChI is InChI=1S/C17H23N3O/c1-20-14-10-6-5-9-13(14)16(12-7-3-2-4-8-12)19-17(18)15(20)11-21/h5-6,9-12,15,17H,2-4,7-8,18H2,1H3. The molecule has 0 bridgehead atoms. The van der Waals surface area contributed by atoms with Gasteiger partial charge >= 0.3 is 0 Å². The van der Waals surface area contributed by atoms with Crippen LogP contribution in [-0.2, 0) is 4.79 Å². The number of carbonyl (C=O) groups excluding carboxylic acids is 1. The highest BCUT2D eigenvalue weighted by Gasteiger charge is 2.31. The van der Waals surface area contributed by atoms with Crippen molar-refractivity contribution in [2.75, 3.05) is 11.9 Å². The predicted octanol–water partition coefficient (Wildman–Crippen LogP) is 2.36. The molecule has 1 aliphatic heterocycles. The van der Waals surface area contributed by atoms with E-state index in [0.29, 0.717) is 5.92 Å². The molecule has 0 spiro atoms. The zero-order valence-corrected chi connectivity index (χ0v) is 12.5. The lowest BCUT2D eigenvalue weighted by Gasteiger charge is -2.27. The molecule has 112 valence electrons. The largest absolute Gasteiger partial charge is 0.361 e. The van der Waals surface area contributed by atoms with E-state index in [1.165, 1.54) is 32.1 Å². The molecule has 2 aliphatic rings. The van der Waals surface area contributed by atoms with Crippen molar-refractivity contribution in [2.45, 2.75) is 44.3 Å². The molecule has 1 saturated carbocycles. The van der Waals surface area contributed by atoms with Gasteiger partial charge in [0.2, 0.25) is 0 Å². The average molecular weight is 285 g/mol. The first-order chi connectivity index (χ1) is 10.2. The van der Waals surface area contributed by atoms with E-state index in [9.17, 15) is 4.79 Å². The molecule has 3 rings (SSSR count). The lowest BCUT2D eigenvalue weighted by atomic mass is 9.83. The summed E-state index contributed by atoms with van der Waals surface area (Å²) in [7, 11) is 1.93. The Morgan fingerprint density at radius 1 is 1.24 bits per heavy atom. The van der Waals surface area contributed by atoms with Gasteiger partial charge in [-0.3, -0.25) is 4.99 Å². The van der Waals surface area contributed by atoms with Crippen molar-refractivity contribution in [3.63, 3.8) is 0 Å². The number of benzene rings is 1. The first-order valence-electron chi connectivity index (χ1n) is 7.83. The third kappa shape index (κ3) is 2.60. The molecule has 2 N–H and O–H groups in total. The summed E-state index contributed by atoms with van der Waals surface area (Å²) in [6, 6.07) is 7.82. The highest BCUT2D eigenvalue weighted by molar-refractivity contribution is 6.07. The van der Waals surface area contributed by atoms with Gasteiger partial charge in [-0.05, 0) is 18.9 Å². The second kappa shape index (κ2) is 5.98. The van der Waals surface area contributed by atoms with E-state index in [0.717, 1.165) is 23.2 Å². The summed E-state index contributed by atoms with van der Waals surface area (Å²) in [6.45, 7) is 0. The number of benzodiazepines with no additional fused rings is 1. The van der Waals surface area contributed by atoms with Gasteiger partial charge in [-0.2, -0.15) is 0 Å². The Balaban J connectivity index is 2.08. The molecule has 0 radical (unpaired) electrons. The zero-order valence-electron chi connectivity index (χ0n) is 12.5. The monoisotopic (exact) mass is 285 g/mol. The molecule has 0 amide bonds. The van der Waals surface area contributed by atoms with Gasteiger partial charge in [0.1, 0.15) is 18.5 Å². The summed E-state index contributed by atoms with van der Waals surface area (Å²) in [5.74, 6) is 0.477. The second-order valence-electron chi connectivity index (χ2n) is 6.09. The average Bonchev–Trinajstić information content (AvgIpc) is 2.64. The van der Waals surface area contributed by atoms with Crippen molar-refractivity contribution in [3.8, 4) is 0 Å². The summed E-state index contributed by atoms with van der Waals surface area (Å²) in [4.78, 5) is 18.2. The molecule has 0 aromatic heterocycles. The molecule has 2 atom stereocenters. The van der Waals surface area contributed by atoms with E-state index in [1.807, 2.05) is 24.1 Å². The third-order valence-corrected chi connectivity index (χ3v) is 4.78. The van der Waals surface area contributed by atoms with Crippen LogP contribution in [0.3, 0.4) is 0 Å². The van der Waals surface area contributed by atoms with E-state index in [1.54, 1.807) is 0 Å². The molecule has 1 heterocycles. The summed E-state index contributed by atoms with van der Waals surface area (Å²) in [6.07, 6.45) is 6.60. The number of nitrogens with zero attached hydrogens (tertiary/aromatic N) is 2. The number of aldehydes is 1. The predicted molar refractivity (Wildman–Crippen MR) is 85.8 cm³/mol. The van der Waals surface area contributed by atoms with Gasteiger partial charge in [-0.25, -0.2) is 0 Å². The van der Waals surface area contributed by atoms with Crippen molar-refractivity contribution < 1.29 is 4.79 Å². The quantitative estimate of drug-likeness (QED) is 0.849. The molecule has 1 fully saturated rings. The lowest BCUT2D eigenvalue weighted by Crippen LogP contribution is -2.45. The Hall–Kier alpha value is -1.68. The number of fused-ring (bicyclic) bond motifs is 1. The topological polar surface area (TPSA) is 58.7 Å². The highest BCUT2D eigenvalue weighted by atomic mass is 16.1. The number of carbonyl (C=O) groups is 1. The molecule has 4 heteroatoms. The van der Waals surface area contributed by atoms with E-state index in [4.69, 9.17) is 10.7 Å². The number of para-hydroxylation sites is 1. The molecule has 0 saturated heterocycles. The van der Waals surface area contributed by atoms with Crippen LogP contribution >= 0.6 is 0 Å². The van der Waals surface area contributed by atoms with E-state index in [2.05, 4.69) is 12.1 Å². The fourth-order valence-electron chi connectivity index (χ4n) is 3.57. The van der Waals surface area contributed by atoms with Crippen LogP contribution in [-0.4, -0.2) is 31.3 Å². The smallest absolute Gasteiger partial charge is 0.145 e. The Labute approximate surface area is 126 Å². The van der Waals surface area contributed by atoms with E-state index >= 15 is 0 Å². The number of nitrogens with two attached hydrogens (primary N) is 1. The van der Waals surface area contributed by atoms with Crippen molar-refractivity contribution in [1.29, 1.82) is 0 Å². The molecule has 2 unspecified atom stereocenters. The summed E-state index contributed by atoms with van der Waals surface area (Å²) < 4.78 is 0. The Bertz CT molecular complexity index is 549. The van der Waals surface area contributed by atoms with Gasteiger partial charge in [-0.15, -0.1) is 0 Å². The number of aliphatic imine (C=N–C) groups is 1. The summed E-state index contributed by atoms with van der Waals surface area (Å²) in [5.41, 5.74) is 9.51. The van der Waals surface area contributed by atoms with Gasteiger partial charge in [0.25, 0.3) is 0 Å². The highest BCUT2D eigenvalue weighted by Crippen LogP contribution is 2.33. The van der Waals surface area contributed by atoms with Gasteiger partial charge < -0.3 is 15.4 Å². The van der Waals surface area contributed by atoms with Crippen molar-refractivity contribution in [1.82, 2.24) is 0 Å². The number of rotatable bonds is 2. The lowest BCUT2D eigenvalue weighted by molar-refractivity contribution is -0.109.